The zero-order valence-electron chi connectivity index (χ0n) is 25.5. The van der Waals surface area contributed by atoms with Crippen molar-refractivity contribution in [2.45, 2.75) is 0 Å². The normalized spacial score (nSPS) is 11.4. The van der Waals surface area contributed by atoms with Crippen molar-refractivity contribution >= 4 is 33.0 Å². The van der Waals surface area contributed by atoms with E-state index in [1.165, 1.54) is 0 Å². The maximum atomic E-state index is 6.07. The maximum absolute atomic E-state index is 6.07. The highest BCUT2D eigenvalue weighted by Crippen LogP contribution is 2.38. The standard InChI is InChI=1S/C44H28N2O/c1-3-11-29(12-4-1)34-25-35(30-13-5-2-6-14-30)27-36(26-34)44-43(45-39-16-8-9-17-40(39)46-44)32-21-19-31(20-22-32)33-23-24-42-38(28-33)37-15-7-10-18-41(37)47-42/h1-28H. The molecular formula is C44H28N2O. The lowest BCUT2D eigenvalue weighted by Gasteiger charge is -2.15. The number of furan rings is 1. The second-order valence-corrected chi connectivity index (χ2v) is 11.8. The van der Waals surface area contributed by atoms with E-state index in [4.69, 9.17) is 14.4 Å². The molecule has 0 amide bonds. The fourth-order valence-corrected chi connectivity index (χ4v) is 6.49. The van der Waals surface area contributed by atoms with Crippen LogP contribution in [0.15, 0.2) is 174 Å². The monoisotopic (exact) mass is 600 g/mol. The summed E-state index contributed by atoms with van der Waals surface area (Å²) in [6.45, 7) is 0. The molecule has 0 spiro atoms. The summed E-state index contributed by atoms with van der Waals surface area (Å²) in [5.41, 5.74) is 14.2. The highest BCUT2D eigenvalue weighted by molar-refractivity contribution is 6.06. The van der Waals surface area contributed by atoms with E-state index in [-0.39, 0.29) is 0 Å². The first-order valence-corrected chi connectivity index (χ1v) is 15.8. The molecule has 0 aliphatic carbocycles. The average molecular weight is 601 g/mol. The topological polar surface area (TPSA) is 38.9 Å². The summed E-state index contributed by atoms with van der Waals surface area (Å²) in [5, 5.41) is 2.25. The van der Waals surface area contributed by atoms with Gasteiger partial charge in [-0.25, -0.2) is 9.97 Å². The Morgan fingerprint density at radius 1 is 0.298 bits per heavy atom. The van der Waals surface area contributed by atoms with E-state index in [1.54, 1.807) is 0 Å². The van der Waals surface area contributed by atoms with Crippen molar-refractivity contribution in [1.29, 1.82) is 0 Å². The minimum atomic E-state index is 0.857. The smallest absolute Gasteiger partial charge is 0.135 e. The lowest BCUT2D eigenvalue weighted by molar-refractivity contribution is 0.669. The number of hydrogen-bond acceptors (Lipinski definition) is 3. The number of fused-ring (bicyclic) bond motifs is 4. The molecule has 0 saturated heterocycles. The van der Waals surface area contributed by atoms with Crippen LogP contribution in [0.2, 0.25) is 0 Å². The number of nitrogens with zero attached hydrogens (tertiary/aromatic N) is 2. The van der Waals surface area contributed by atoms with Crippen LogP contribution in [0.25, 0.3) is 88.9 Å². The van der Waals surface area contributed by atoms with E-state index in [9.17, 15) is 0 Å². The van der Waals surface area contributed by atoms with Gasteiger partial charge < -0.3 is 4.42 Å². The second-order valence-electron chi connectivity index (χ2n) is 11.8. The highest BCUT2D eigenvalue weighted by Gasteiger charge is 2.17. The van der Waals surface area contributed by atoms with Crippen LogP contribution in [0.4, 0.5) is 0 Å². The molecule has 0 N–H and O–H groups in total. The molecule has 3 nitrogen and oxygen atoms in total. The number of benzene rings is 7. The van der Waals surface area contributed by atoms with E-state index in [1.807, 2.05) is 36.4 Å². The Kier molecular flexibility index (Phi) is 6.46. The summed E-state index contributed by atoms with van der Waals surface area (Å²) in [6, 6.07) is 59.2. The highest BCUT2D eigenvalue weighted by atomic mass is 16.3. The first kappa shape index (κ1) is 27.0. The quantitative estimate of drug-likeness (QED) is 0.197. The van der Waals surface area contributed by atoms with E-state index in [2.05, 4.69) is 133 Å². The molecule has 9 rings (SSSR count). The first-order valence-electron chi connectivity index (χ1n) is 15.8. The summed E-state index contributed by atoms with van der Waals surface area (Å²) in [5.74, 6) is 0. The molecule has 47 heavy (non-hydrogen) atoms. The fourth-order valence-electron chi connectivity index (χ4n) is 6.49. The number of aromatic nitrogens is 2. The zero-order chi connectivity index (χ0) is 31.2. The van der Waals surface area contributed by atoms with Gasteiger partial charge >= 0.3 is 0 Å². The molecule has 0 atom stereocenters. The molecule has 2 heterocycles. The van der Waals surface area contributed by atoms with Gasteiger partial charge in [0.15, 0.2) is 0 Å². The van der Waals surface area contributed by atoms with Gasteiger partial charge in [0.1, 0.15) is 11.2 Å². The average Bonchev–Trinajstić information content (AvgIpc) is 3.53. The van der Waals surface area contributed by atoms with Crippen molar-refractivity contribution in [3.8, 4) is 55.9 Å². The second kappa shape index (κ2) is 11.2. The van der Waals surface area contributed by atoms with Crippen molar-refractivity contribution in [1.82, 2.24) is 9.97 Å². The molecule has 2 aromatic heterocycles. The summed E-state index contributed by atoms with van der Waals surface area (Å²) in [4.78, 5) is 10.5. The van der Waals surface area contributed by atoms with E-state index in [0.29, 0.717) is 0 Å². The molecule has 0 bridgehead atoms. The predicted octanol–water partition coefficient (Wildman–Crippen LogP) is 11.9. The van der Waals surface area contributed by atoms with Gasteiger partial charge in [0, 0.05) is 21.9 Å². The van der Waals surface area contributed by atoms with Crippen LogP contribution in [0.5, 0.6) is 0 Å². The largest absolute Gasteiger partial charge is 0.456 e. The lowest BCUT2D eigenvalue weighted by atomic mass is 9.93. The van der Waals surface area contributed by atoms with Gasteiger partial charge in [0.05, 0.1) is 22.4 Å². The van der Waals surface area contributed by atoms with Gasteiger partial charge in [-0.3, -0.25) is 0 Å². The fraction of sp³-hybridized carbons (Fsp3) is 0. The molecular weight excluding hydrogens is 572 g/mol. The van der Waals surface area contributed by atoms with E-state index in [0.717, 1.165) is 88.9 Å². The number of rotatable bonds is 5. The van der Waals surface area contributed by atoms with Gasteiger partial charge in [-0.05, 0) is 81.9 Å². The van der Waals surface area contributed by atoms with E-state index >= 15 is 0 Å². The van der Waals surface area contributed by atoms with Crippen molar-refractivity contribution < 1.29 is 4.42 Å². The molecule has 0 unspecified atom stereocenters. The minimum Gasteiger partial charge on any atom is -0.456 e. The molecule has 3 heteroatoms. The minimum absolute atomic E-state index is 0.857. The number of para-hydroxylation sites is 3. The SMILES string of the molecule is c1ccc(-c2cc(-c3ccccc3)cc(-c3nc4ccccc4nc3-c3ccc(-c4ccc5oc6ccccc6c5c4)cc3)c2)cc1. The lowest BCUT2D eigenvalue weighted by Crippen LogP contribution is -1.96. The van der Waals surface area contributed by atoms with Crippen LogP contribution >= 0.6 is 0 Å². The Morgan fingerprint density at radius 3 is 1.43 bits per heavy atom. The summed E-state index contributed by atoms with van der Waals surface area (Å²) < 4.78 is 6.07. The molecule has 220 valence electrons. The molecule has 9 aromatic rings. The van der Waals surface area contributed by atoms with Crippen LogP contribution in [0.3, 0.4) is 0 Å². The Morgan fingerprint density at radius 2 is 0.766 bits per heavy atom. The Balaban J connectivity index is 1.20. The molecule has 0 aliphatic rings. The van der Waals surface area contributed by atoms with Crippen molar-refractivity contribution in [3.05, 3.63) is 170 Å². The van der Waals surface area contributed by atoms with Crippen LogP contribution in [-0.4, -0.2) is 9.97 Å². The third-order valence-electron chi connectivity index (χ3n) is 8.86. The Labute approximate surface area is 272 Å². The van der Waals surface area contributed by atoms with Gasteiger partial charge in [-0.2, -0.15) is 0 Å². The summed E-state index contributed by atoms with van der Waals surface area (Å²) in [6.07, 6.45) is 0. The molecule has 7 aromatic carbocycles. The maximum Gasteiger partial charge on any atom is 0.135 e. The van der Waals surface area contributed by atoms with Gasteiger partial charge in [-0.1, -0.05) is 121 Å². The van der Waals surface area contributed by atoms with Crippen molar-refractivity contribution in [2.24, 2.45) is 0 Å². The van der Waals surface area contributed by atoms with Crippen LogP contribution in [0, 0.1) is 0 Å². The van der Waals surface area contributed by atoms with Crippen LogP contribution < -0.4 is 0 Å². The zero-order valence-corrected chi connectivity index (χ0v) is 25.5. The van der Waals surface area contributed by atoms with Gasteiger partial charge in [-0.15, -0.1) is 0 Å². The van der Waals surface area contributed by atoms with Gasteiger partial charge in [0.25, 0.3) is 0 Å². The molecule has 0 aliphatic heterocycles. The summed E-state index contributed by atoms with van der Waals surface area (Å²) >= 11 is 0. The van der Waals surface area contributed by atoms with Crippen LogP contribution in [0.1, 0.15) is 0 Å². The first-order chi connectivity index (χ1) is 23.3. The van der Waals surface area contributed by atoms with Crippen molar-refractivity contribution in [2.75, 3.05) is 0 Å². The molecule has 0 radical (unpaired) electrons. The van der Waals surface area contributed by atoms with Gasteiger partial charge in [0.2, 0.25) is 0 Å². The van der Waals surface area contributed by atoms with Crippen molar-refractivity contribution in [3.63, 3.8) is 0 Å². The predicted molar refractivity (Wildman–Crippen MR) is 194 cm³/mol. The van der Waals surface area contributed by atoms with E-state index < -0.39 is 0 Å². The third kappa shape index (κ3) is 4.95. The Bertz CT molecular complexity index is 2490. The molecule has 0 saturated carbocycles. The third-order valence-corrected chi connectivity index (χ3v) is 8.86. The number of hydrogen-bond donors (Lipinski definition) is 0. The Hall–Kier alpha value is -6.32. The van der Waals surface area contributed by atoms with Crippen LogP contribution in [-0.2, 0) is 0 Å². The summed E-state index contributed by atoms with van der Waals surface area (Å²) in [7, 11) is 0. The molecule has 0 fully saturated rings.